The molecule has 0 saturated carbocycles. The first-order chi connectivity index (χ1) is 9.88. The number of nitrogens with one attached hydrogen (secondary N) is 2. The van der Waals surface area contributed by atoms with Gasteiger partial charge in [-0.1, -0.05) is 26.0 Å². The molecular formula is C15H21N3O2S. The van der Waals surface area contributed by atoms with E-state index in [4.69, 9.17) is 0 Å². The van der Waals surface area contributed by atoms with E-state index >= 15 is 0 Å². The van der Waals surface area contributed by atoms with Crippen LogP contribution in [0.25, 0.3) is 0 Å². The van der Waals surface area contributed by atoms with E-state index in [0.29, 0.717) is 5.92 Å². The second-order valence-corrected chi connectivity index (χ2v) is 7.35. The third-order valence-electron chi connectivity index (χ3n) is 3.26. The van der Waals surface area contributed by atoms with E-state index in [1.807, 2.05) is 19.1 Å². The number of aromatic amines is 1. The summed E-state index contributed by atoms with van der Waals surface area (Å²) in [6, 6.07) is 7.06. The second kappa shape index (κ2) is 6.41. The highest BCUT2D eigenvalue weighted by Crippen LogP contribution is 2.14. The second-order valence-electron chi connectivity index (χ2n) is 5.59. The Hall–Kier alpha value is -1.66. The number of aromatic nitrogens is 2. The molecule has 0 aliphatic heterocycles. The van der Waals surface area contributed by atoms with Crippen LogP contribution in [0.15, 0.2) is 35.4 Å². The zero-order chi connectivity index (χ0) is 15.5. The van der Waals surface area contributed by atoms with Gasteiger partial charge < -0.3 is 0 Å². The van der Waals surface area contributed by atoms with E-state index in [1.165, 1.54) is 0 Å². The van der Waals surface area contributed by atoms with Gasteiger partial charge in [0.1, 0.15) is 0 Å². The number of nitrogens with zero attached hydrogens (tertiary/aromatic N) is 1. The van der Waals surface area contributed by atoms with Gasteiger partial charge in [0.2, 0.25) is 10.0 Å². The van der Waals surface area contributed by atoms with Gasteiger partial charge in [-0.05, 0) is 37.0 Å². The first-order valence-corrected chi connectivity index (χ1v) is 8.44. The maximum Gasteiger partial charge on any atom is 0.240 e. The molecule has 6 heteroatoms. The van der Waals surface area contributed by atoms with Gasteiger partial charge in [-0.25, -0.2) is 13.1 Å². The minimum atomic E-state index is -3.49. The Bertz CT molecular complexity index is 688. The molecule has 0 saturated heterocycles. The number of hydrogen-bond donors (Lipinski definition) is 2. The highest BCUT2D eigenvalue weighted by Gasteiger charge is 2.14. The molecule has 114 valence electrons. The summed E-state index contributed by atoms with van der Waals surface area (Å²) in [4.78, 5) is 0.288. The Balaban J connectivity index is 2.07. The molecule has 0 fully saturated rings. The SMILES string of the molecule is Cc1[nH]ncc1CNS(=O)(=O)c1ccc(CC(C)C)cc1. The molecule has 2 rings (SSSR count). The first kappa shape index (κ1) is 15.7. The average molecular weight is 307 g/mol. The van der Waals surface area contributed by atoms with Crippen LogP contribution in [0.4, 0.5) is 0 Å². The molecule has 0 amide bonds. The van der Waals surface area contributed by atoms with Crippen LogP contribution < -0.4 is 4.72 Å². The monoisotopic (exact) mass is 307 g/mol. The molecule has 5 nitrogen and oxygen atoms in total. The highest BCUT2D eigenvalue weighted by molar-refractivity contribution is 7.89. The van der Waals surface area contributed by atoms with Crippen molar-refractivity contribution in [2.45, 2.75) is 38.6 Å². The van der Waals surface area contributed by atoms with Crippen LogP contribution in [0, 0.1) is 12.8 Å². The van der Waals surface area contributed by atoms with Crippen molar-refractivity contribution < 1.29 is 8.42 Å². The predicted octanol–water partition coefficient (Wildman–Crippen LogP) is 2.40. The number of sulfonamides is 1. The van der Waals surface area contributed by atoms with Gasteiger partial charge in [0, 0.05) is 17.8 Å². The van der Waals surface area contributed by atoms with E-state index in [-0.39, 0.29) is 11.4 Å². The summed E-state index contributed by atoms with van der Waals surface area (Å²) >= 11 is 0. The Morgan fingerprint density at radius 3 is 2.43 bits per heavy atom. The van der Waals surface area contributed by atoms with Gasteiger partial charge in [0.05, 0.1) is 11.1 Å². The van der Waals surface area contributed by atoms with Gasteiger partial charge in [0.25, 0.3) is 0 Å². The predicted molar refractivity (Wildman–Crippen MR) is 82.3 cm³/mol. The molecule has 0 aliphatic rings. The largest absolute Gasteiger partial charge is 0.283 e. The molecule has 1 aromatic carbocycles. The third-order valence-corrected chi connectivity index (χ3v) is 4.68. The summed E-state index contributed by atoms with van der Waals surface area (Å²) in [5.74, 6) is 0.551. The molecule has 21 heavy (non-hydrogen) atoms. The summed E-state index contributed by atoms with van der Waals surface area (Å²) in [5.41, 5.74) is 2.86. The lowest BCUT2D eigenvalue weighted by molar-refractivity contribution is 0.581. The number of hydrogen-bond acceptors (Lipinski definition) is 3. The Kier molecular flexibility index (Phi) is 4.80. The van der Waals surface area contributed by atoms with Crippen LogP contribution in [0.1, 0.15) is 30.7 Å². The topological polar surface area (TPSA) is 74.8 Å². The maximum atomic E-state index is 12.2. The minimum Gasteiger partial charge on any atom is -0.283 e. The molecule has 1 heterocycles. The molecule has 0 bridgehead atoms. The Labute approximate surface area is 125 Å². The smallest absolute Gasteiger partial charge is 0.240 e. The molecule has 2 aromatic rings. The van der Waals surface area contributed by atoms with Crippen LogP contribution in [0.2, 0.25) is 0 Å². The van der Waals surface area contributed by atoms with E-state index in [1.54, 1.807) is 18.3 Å². The molecule has 0 atom stereocenters. The van der Waals surface area contributed by atoms with Gasteiger partial charge >= 0.3 is 0 Å². The van der Waals surface area contributed by atoms with Crippen molar-refractivity contribution in [2.24, 2.45) is 5.92 Å². The van der Waals surface area contributed by atoms with E-state index < -0.39 is 10.0 Å². The molecule has 1 aromatic heterocycles. The molecule has 0 radical (unpaired) electrons. The van der Waals surface area contributed by atoms with Crippen LogP contribution in [-0.2, 0) is 23.0 Å². The van der Waals surface area contributed by atoms with Crippen LogP contribution in [-0.4, -0.2) is 18.6 Å². The summed E-state index contributed by atoms with van der Waals surface area (Å²) in [6.07, 6.45) is 2.57. The van der Waals surface area contributed by atoms with Crippen LogP contribution in [0.5, 0.6) is 0 Å². The van der Waals surface area contributed by atoms with Crippen molar-refractivity contribution in [2.75, 3.05) is 0 Å². The third kappa shape index (κ3) is 4.15. The highest BCUT2D eigenvalue weighted by atomic mass is 32.2. The van der Waals surface area contributed by atoms with Crippen molar-refractivity contribution >= 4 is 10.0 Å². The molecule has 0 unspecified atom stereocenters. The lowest BCUT2D eigenvalue weighted by Crippen LogP contribution is -2.23. The summed E-state index contributed by atoms with van der Waals surface area (Å²) in [6.45, 7) is 6.37. The lowest BCUT2D eigenvalue weighted by atomic mass is 10.0. The van der Waals surface area contributed by atoms with Crippen molar-refractivity contribution in [1.29, 1.82) is 0 Å². The average Bonchev–Trinajstić information content (AvgIpc) is 2.82. The van der Waals surface area contributed by atoms with Crippen molar-refractivity contribution in [3.63, 3.8) is 0 Å². The number of aryl methyl sites for hydroxylation is 1. The van der Waals surface area contributed by atoms with Gasteiger partial charge in [-0.3, -0.25) is 5.10 Å². The molecule has 0 aliphatic carbocycles. The Morgan fingerprint density at radius 2 is 1.90 bits per heavy atom. The van der Waals surface area contributed by atoms with Gasteiger partial charge in [0.15, 0.2) is 0 Å². The number of benzene rings is 1. The fraction of sp³-hybridized carbons (Fsp3) is 0.400. The first-order valence-electron chi connectivity index (χ1n) is 6.96. The zero-order valence-electron chi connectivity index (χ0n) is 12.6. The van der Waals surface area contributed by atoms with Crippen molar-refractivity contribution in [1.82, 2.24) is 14.9 Å². The maximum absolute atomic E-state index is 12.2. The van der Waals surface area contributed by atoms with Crippen molar-refractivity contribution in [3.8, 4) is 0 Å². The van der Waals surface area contributed by atoms with Crippen LogP contribution >= 0.6 is 0 Å². The standard InChI is InChI=1S/C15H21N3O2S/c1-11(2)8-13-4-6-15(7-5-13)21(19,20)17-10-14-9-16-18-12(14)3/h4-7,9,11,17H,8,10H2,1-3H3,(H,16,18). The molecular weight excluding hydrogens is 286 g/mol. The van der Waals surface area contributed by atoms with Gasteiger partial charge in [-0.15, -0.1) is 0 Å². The summed E-state index contributed by atoms with van der Waals surface area (Å²) in [7, 11) is -3.49. The zero-order valence-corrected chi connectivity index (χ0v) is 13.4. The van der Waals surface area contributed by atoms with Crippen LogP contribution in [0.3, 0.4) is 0 Å². The summed E-state index contributed by atoms with van der Waals surface area (Å²) in [5, 5.41) is 6.66. The Morgan fingerprint density at radius 1 is 1.24 bits per heavy atom. The molecule has 0 spiro atoms. The normalized spacial score (nSPS) is 12.0. The lowest BCUT2D eigenvalue weighted by Gasteiger charge is -2.08. The number of H-pyrrole nitrogens is 1. The van der Waals surface area contributed by atoms with E-state index in [2.05, 4.69) is 28.8 Å². The fourth-order valence-corrected chi connectivity index (χ4v) is 3.09. The fourth-order valence-electron chi connectivity index (χ4n) is 2.09. The van der Waals surface area contributed by atoms with Crippen molar-refractivity contribution in [3.05, 3.63) is 47.3 Å². The van der Waals surface area contributed by atoms with Gasteiger partial charge in [-0.2, -0.15) is 5.10 Å². The number of rotatable bonds is 6. The summed E-state index contributed by atoms with van der Waals surface area (Å²) < 4.78 is 27.1. The molecule has 2 N–H and O–H groups in total. The minimum absolute atomic E-state index is 0.235. The van der Waals surface area contributed by atoms with E-state index in [0.717, 1.165) is 23.2 Å². The quantitative estimate of drug-likeness (QED) is 0.860. The van der Waals surface area contributed by atoms with E-state index in [9.17, 15) is 8.42 Å².